The fraction of sp³-hybridized carbons (Fsp3) is 0.316. The first kappa shape index (κ1) is 31.9. The molecule has 1 saturated heterocycles. The maximum absolute atomic E-state index is 12.7. The molecule has 3 N–H and O–H groups in total. The minimum atomic E-state index is -0.531. The van der Waals surface area contributed by atoms with Crippen LogP contribution in [0.15, 0.2) is 103 Å². The largest absolute Gasteiger partial charge is 0.491 e. The fourth-order valence-electron chi connectivity index (χ4n) is 6.12. The second kappa shape index (κ2) is 14.2. The van der Waals surface area contributed by atoms with E-state index in [2.05, 4.69) is 57.8 Å². The molecule has 1 aliphatic heterocycles. The number of benzene rings is 4. The van der Waals surface area contributed by atoms with Crippen molar-refractivity contribution in [1.29, 1.82) is 0 Å². The summed E-state index contributed by atoms with van der Waals surface area (Å²) in [6.07, 6.45) is 1.32. The minimum Gasteiger partial charge on any atom is -0.491 e. The van der Waals surface area contributed by atoms with Crippen molar-refractivity contribution in [3.05, 3.63) is 109 Å². The Labute approximate surface area is 276 Å². The van der Waals surface area contributed by atoms with E-state index in [9.17, 15) is 10.0 Å². The lowest BCUT2D eigenvalue weighted by Crippen LogP contribution is -2.46. The number of hydrogen-bond acceptors (Lipinski definition) is 7. The first-order chi connectivity index (χ1) is 22.8. The maximum Gasteiger partial charge on any atom is 0.410 e. The van der Waals surface area contributed by atoms with E-state index in [1.165, 1.54) is 5.56 Å². The Kier molecular flexibility index (Phi) is 9.63. The van der Waals surface area contributed by atoms with Gasteiger partial charge in [0.05, 0.1) is 28.5 Å². The Morgan fingerprint density at radius 3 is 2.26 bits per heavy atom. The van der Waals surface area contributed by atoms with Gasteiger partial charge in [-0.25, -0.2) is 9.78 Å². The standard InChI is InChI=1S/C38H43N5O4/c1-38(2,3)47-37(44)42-23-21-28(22-24-42)34(39-31-13-7-8-14-32(31)41-45)26-46-30-19-17-29(18-20-30)36-40-33-15-9-10-16-35(33)43(36)25-27-11-5-4-6-12-27/h4-20,28,34,39,41,45H,21-26H2,1-3H3. The molecule has 1 aromatic heterocycles. The first-order valence-electron chi connectivity index (χ1n) is 16.2. The second-order valence-electron chi connectivity index (χ2n) is 13.0. The van der Waals surface area contributed by atoms with Gasteiger partial charge in [0, 0.05) is 25.2 Å². The molecule has 244 valence electrons. The quantitative estimate of drug-likeness (QED) is 0.134. The molecule has 0 spiro atoms. The minimum absolute atomic E-state index is 0.0694. The Balaban J connectivity index is 1.18. The number of aromatic nitrogens is 2. The highest BCUT2D eigenvalue weighted by atomic mass is 16.6. The van der Waals surface area contributed by atoms with Crippen LogP contribution in [0.2, 0.25) is 0 Å². The van der Waals surface area contributed by atoms with Crippen LogP contribution in [-0.4, -0.2) is 57.1 Å². The van der Waals surface area contributed by atoms with Crippen molar-refractivity contribution >= 4 is 28.5 Å². The van der Waals surface area contributed by atoms with Crippen LogP contribution in [0.5, 0.6) is 5.75 Å². The molecule has 1 amide bonds. The summed E-state index contributed by atoms with van der Waals surface area (Å²) in [6, 6.07) is 34.2. The lowest BCUT2D eigenvalue weighted by molar-refractivity contribution is 0.0171. The number of likely N-dealkylation sites (tertiary alicyclic amines) is 1. The molecular weight excluding hydrogens is 590 g/mol. The van der Waals surface area contributed by atoms with Crippen LogP contribution in [0.3, 0.4) is 0 Å². The number of carbonyl (C=O) groups excluding carboxylic acids is 1. The van der Waals surface area contributed by atoms with E-state index in [0.717, 1.165) is 53.2 Å². The number of fused-ring (bicyclic) bond motifs is 1. The Hall–Kier alpha value is -5.02. The smallest absolute Gasteiger partial charge is 0.410 e. The molecule has 1 fully saturated rings. The van der Waals surface area contributed by atoms with E-state index >= 15 is 0 Å². The molecule has 4 aromatic carbocycles. The molecule has 1 atom stereocenters. The van der Waals surface area contributed by atoms with E-state index in [4.69, 9.17) is 14.5 Å². The van der Waals surface area contributed by atoms with Crippen molar-refractivity contribution in [3.63, 3.8) is 0 Å². The van der Waals surface area contributed by atoms with Gasteiger partial charge >= 0.3 is 6.09 Å². The van der Waals surface area contributed by atoms with Gasteiger partial charge in [-0.3, -0.25) is 10.7 Å². The van der Waals surface area contributed by atoms with Gasteiger partial charge in [0.25, 0.3) is 0 Å². The summed E-state index contributed by atoms with van der Waals surface area (Å²) in [5.74, 6) is 1.90. The van der Waals surface area contributed by atoms with Gasteiger partial charge in [-0.15, -0.1) is 0 Å². The van der Waals surface area contributed by atoms with Gasteiger partial charge in [-0.1, -0.05) is 54.6 Å². The van der Waals surface area contributed by atoms with Crippen molar-refractivity contribution in [2.45, 2.75) is 51.8 Å². The highest BCUT2D eigenvalue weighted by molar-refractivity contribution is 5.81. The summed E-state index contributed by atoms with van der Waals surface area (Å²) in [6.45, 7) is 7.99. The van der Waals surface area contributed by atoms with Crippen LogP contribution in [0.25, 0.3) is 22.4 Å². The van der Waals surface area contributed by atoms with Crippen LogP contribution in [0.1, 0.15) is 39.2 Å². The Morgan fingerprint density at radius 1 is 0.894 bits per heavy atom. The van der Waals surface area contributed by atoms with Crippen molar-refractivity contribution in [1.82, 2.24) is 14.5 Å². The summed E-state index contributed by atoms with van der Waals surface area (Å²) in [5, 5.41) is 13.3. The number of anilines is 2. The zero-order valence-electron chi connectivity index (χ0n) is 27.2. The SMILES string of the molecule is CC(C)(C)OC(=O)N1CCC(C(COc2ccc(-c3nc4ccccc4n3Cc3ccccc3)cc2)Nc2ccccc2NO)CC1. The Bertz CT molecular complexity index is 1770. The number of imidazole rings is 1. The number of hydrogen-bond donors (Lipinski definition) is 3. The van der Waals surface area contributed by atoms with E-state index in [1.807, 2.05) is 81.4 Å². The molecule has 9 nitrogen and oxygen atoms in total. The van der Waals surface area contributed by atoms with Crippen molar-refractivity contribution in [3.8, 4) is 17.1 Å². The van der Waals surface area contributed by atoms with E-state index in [0.29, 0.717) is 25.4 Å². The number of nitrogens with one attached hydrogen (secondary N) is 2. The molecule has 1 aliphatic rings. The summed E-state index contributed by atoms with van der Waals surface area (Å²) in [4.78, 5) is 19.5. The zero-order valence-corrected chi connectivity index (χ0v) is 27.2. The zero-order chi connectivity index (χ0) is 32.8. The van der Waals surface area contributed by atoms with Crippen molar-refractivity contribution in [2.75, 3.05) is 30.5 Å². The number of rotatable bonds is 10. The first-order valence-corrected chi connectivity index (χ1v) is 16.2. The normalized spacial score (nSPS) is 14.5. The molecular formula is C38H43N5O4. The number of ether oxygens (including phenoxy) is 2. The summed E-state index contributed by atoms with van der Waals surface area (Å²) < 4.78 is 14.3. The molecule has 2 heterocycles. The molecule has 47 heavy (non-hydrogen) atoms. The van der Waals surface area contributed by atoms with Gasteiger partial charge in [-0.2, -0.15) is 0 Å². The lowest BCUT2D eigenvalue weighted by atomic mass is 9.89. The van der Waals surface area contributed by atoms with Gasteiger partial charge in [0.2, 0.25) is 0 Å². The van der Waals surface area contributed by atoms with E-state index in [1.54, 1.807) is 4.90 Å². The van der Waals surface area contributed by atoms with E-state index in [-0.39, 0.29) is 18.1 Å². The third kappa shape index (κ3) is 7.86. The topological polar surface area (TPSA) is 101 Å². The predicted octanol–water partition coefficient (Wildman–Crippen LogP) is 8.06. The lowest BCUT2D eigenvalue weighted by Gasteiger charge is -2.37. The molecule has 5 aromatic rings. The molecule has 6 rings (SSSR count). The predicted molar refractivity (Wildman–Crippen MR) is 186 cm³/mol. The van der Waals surface area contributed by atoms with Crippen LogP contribution < -0.4 is 15.5 Å². The summed E-state index contributed by atoms with van der Waals surface area (Å²) >= 11 is 0. The Morgan fingerprint density at radius 2 is 1.55 bits per heavy atom. The van der Waals surface area contributed by atoms with Crippen molar-refractivity contribution in [2.24, 2.45) is 5.92 Å². The molecule has 0 bridgehead atoms. The maximum atomic E-state index is 12.7. The molecule has 9 heteroatoms. The summed E-state index contributed by atoms with van der Waals surface area (Å²) in [5.41, 5.74) is 7.41. The number of carbonyl (C=O) groups is 1. The third-order valence-corrected chi connectivity index (χ3v) is 8.53. The monoisotopic (exact) mass is 633 g/mol. The number of amides is 1. The number of para-hydroxylation sites is 4. The average molecular weight is 634 g/mol. The highest BCUT2D eigenvalue weighted by Crippen LogP contribution is 2.30. The molecule has 0 saturated carbocycles. The van der Waals surface area contributed by atoms with Crippen LogP contribution in [0.4, 0.5) is 16.2 Å². The van der Waals surface area contributed by atoms with Crippen LogP contribution in [-0.2, 0) is 11.3 Å². The molecule has 0 aliphatic carbocycles. The van der Waals surface area contributed by atoms with Crippen LogP contribution in [0, 0.1) is 5.92 Å². The highest BCUT2D eigenvalue weighted by Gasteiger charge is 2.31. The average Bonchev–Trinajstić information content (AvgIpc) is 3.45. The second-order valence-corrected chi connectivity index (χ2v) is 13.0. The van der Waals surface area contributed by atoms with Crippen LogP contribution >= 0.6 is 0 Å². The fourth-order valence-corrected chi connectivity index (χ4v) is 6.12. The number of piperidine rings is 1. The van der Waals surface area contributed by atoms with Gasteiger partial charge in [0.1, 0.15) is 23.8 Å². The molecule has 1 unspecified atom stereocenters. The van der Waals surface area contributed by atoms with Gasteiger partial charge in [0.15, 0.2) is 0 Å². The third-order valence-electron chi connectivity index (χ3n) is 8.53. The number of nitrogens with zero attached hydrogens (tertiary/aromatic N) is 3. The summed E-state index contributed by atoms with van der Waals surface area (Å²) in [7, 11) is 0. The van der Waals surface area contributed by atoms with Gasteiger partial charge in [-0.05, 0) is 93.6 Å². The van der Waals surface area contributed by atoms with Gasteiger partial charge < -0.3 is 24.3 Å². The molecule has 0 radical (unpaired) electrons. The van der Waals surface area contributed by atoms with E-state index < -0.39 is 5.60 Å². The van der Waals surface area contributed by atoms with Crippen molar-refractivity contribution < 1.29 is 19.5 Å².